The molecule has 0 bridgehead atoms. The number of thioether (sulfide) groups is 1. The minimum Gasteiger partial charge on any atom is -0.443 e. The Balaban J connectivity index is 1.41. The van der Waals surface area contributed by atoms with Crippen LogP contribution in [0.4, 0.5) is 20.6 Å². The van der Waals surface area contributed by atoms with Crippen LogP contribution in [0.1, 0.15) is 6.42 Å². The lowest BCUT2D eigenvalue weighted by atomic mass is 10.0. The van der Waals surface area contributed by atoms with Gasteiger partial charge in [-0.3, -0.25) is 4.90 Å². The Morgan fingerprint density at radius 3 is 2.86 bits per heavy atom. The van der Waals surface area contributed by atoms with Crippen LogP contribution in [-0.4, -0.2) is 47.9 Å². The van der Waals surface area contributed by atoms with E-state index in [1.807, 2.05) is 11.8 Å². The highest BCUT2D eigenvalue weighted by molar-refractivity contribution is 8.02. The van der Waals surface area contributed by atoms with Crippen LogP contribution in [-0.2, 0) is 4.74 Å². The summed E-state index contributed by atoms with van der Waals surface area (Å²) in [5, 5.41) is 0. The summed E-state index contributed by atoms with van der Waals surface area (Å²) < 4.78 is 20.1. The van der Waals surface area contributed by atoms with Crippen LogP contribution >= 0.6 is 11.8 Å². The van der Waals surface area contributed by atoms with E-state index >= 15 is 0 Å². The lowest BCUT2D eigenvalue weighted by Gasteiger charge is -2.55. The van der Waals surface area contributed by atoms with E-state index in [9.17, 15) is 9.18 Å². The van der Waals surface area contributed by atoms with Crippen molar-refractivity contribution in [3.63, 3.8) is 0 Å². The Bertz CT molecular complexity index is 687. The fourth-order valence-electron chi connectivity index (χ4n) is 3.98. The molecule has 2 N–H and O–H groups in total. The maximum Gasteiger partial charge on any atom is 0.414 e. The molecule has 1 spiro atoms. The Labute approximate surface area is 131 Å². The minimum absolute atomic E-state index is 0.265. The topological polar surface area (TPSA) is 58.8 Å². The second-order valence-corrected chi connectivity index (χ2v) is 7.78. The molecule has 7 heteroatoms. The van der Waals surface area contributed by atoms with Crippen molar-refractivity contribution in [3.8, 4) is 0 Å². The number of carbonyl (C=O) groups excluding carboxylic acids is 1. The maximum atomic E-state index is 14.5. The van der Waals surface area contributed by atoms with Crippen molar-refractivity contribution in [2.75, 3.05) is 28.6 Å². The Kier molecular flexibility index (Phi) is 2.41. The number of halogens is 1. The van der Waals surface area contributed by atoms with Crippen molar-refractivity contribution < 1.29 is 13.9 Å². The SMILES string of the molecule is NC[C@H]1CN(c2ccc(N3C4CSC45CC35)c(F)c2)C(=O)O1. The molecular formula is C15H16FN3O2S. The fourth-order valence-corrected chi connectivity index (χ4v) is 5.58. The molecule has 3 aliphatic heterocycles. The molecule has 1 aromatic carbocycles. The third kappa shape index (κ3) is 1.46. The standard InChI is InChI=1S/C15H16FN3O2S/c16-10-3-8(18-6-9(5-17)21-14(18)20)1-2-11(10)19-12-4-15(12)13(19)7-22-15/h1-3,9,12-13H,4-7,17H2/t9-,12?,13?,15?/m0/s1. The molecule has 1 aromatic rings. The molecule has 4 atom stereocenters. The quantitative estimate of drug-likeness (QED) is 0.915. The van der Waals surface area contributed by atoms with E-state index in [0.29, 0.717) is 34.8 Å². The first-order valence-electron chi connectivity index (χ1n) is 7.54. The van der Waals surface area contributed by atoms with E-state index in [0.717, 1.165) is 5.75 Å². The van der Waals surface area contributed by atoms with Gasteiger partial charge < -0.3 is 15.4 Å². The monoisotopic (exact) mass is 321 g/mol. The van der Waals surface area contributed by atoms with E-state index < -0.39 is 6.09 Å². The molecule has 4 fully saturated rings. The number of hydrogen-bond acceptors (Lipinski definition) is 5. The number of nitrogens with two attached hydrogens (primary N) is 1. The Morgan fingerprint density at radius 2 is 2.32 bits per heavy atom. The van der Waals surface area contributed by atoms with Gasteiger partial charge in [-0.2, -0.15) is 0 Å². The highest BCUT2D eigenvalue weighted by atomic mass is 32.2. The highest BCUT2D eigenvalue weighted by Gasteiger charge is 2.78. The van der Waals surface area contributed by atoms with Crippen LogP contribution in [0.15, 0.2) is 18.2 Å². The summed E-state index contributed by atoms with van der Waals surface area (Å²) >= 11 is 2.02. The highest BCUT2D eigenvalue weighted by Crippen LogP contribution is 2.72. The van der Waals surface area contributed by atoms with Gasteiger partial charge in [-0.25, -0.2) is 9.18 Å². The summed E-state index contributed by atoms with van der Waals surface area (Å²) in [7, 11) is 0. The summed E-state index contributed by atoms with van der Waals surface area (Å²) in [4.78, 5) is 15.5. The summed E-state index contributed by atoms with van der Waals surface area (Å²) in [6.07, 6.45) is 0.410. The second-order valence-electron chi connectivity index (χ2n) is 6.40. The van der Waals surface area contributed by atoms with Crippen LogP contribution in [0, 0.1) is 5.82 Å². The average Bonchev–Trinajstić information content (AvgIpc) is 3.11. The van der Waals surface area contributed by atoms with Gasteiger partial charge in [-0.1, -0.05) is 0 Å². The molecule has 3 unspecified atom stereocenters. The first-order chi connectivity index (χ1) is 10.6. The van der Waals surface area contributed by atoms with E-state index in [4.69, 9.17) is 10.5 Å². The van der Waals surface area contributed by atoms with Gasteiger partial charge in [0.05, 0.1) is 28.7 Å². The minimum atomic E-state index is -0.455. The first-order valence-corrected chi connectivity index (χ1v) is 8.52. The molecule has 116 valence electrons. The van der Waals surface area contributed by atoms with Gasteiger partial charge in [0.2, 0.25) is 0 Å². The van der Waals surface area contributed by atoms with Crippen LogP contribution in [0.2, 0.25) is 0 Å². The normalized spacial score (nSPS) is 37.9. The molecule has 22 heavy (non-hydrogen) atoms. The van der Waals surface area contributed by atoms with E-state index in [2.05, 4.69) is 4.90 Å². The third-order valence-electron chi connectivity index (χ3n) is 5.32. The van der Waals surface area contributed by atoms with Gasteiger partial charge in [-0.05, 0) is 24.6 Å². The van der Waals surface area contributed by atoms with E-state index in [1.165, 1.54) is 17.4 Å². The Morgan fingerprint density at radius 1 is 1.45 bits per heavy atom. The molecule has 3 saturated heterocycles. The van der Waals surface area contributed by atoms with Crippen molar-refractivity contribution in [2.45, 2.75) is 29.4 Å². The molecule has 1 aliphatic carbocycles. The summed E-state index contributed by atoms with van der Waals surface area (Å²) in [5.74, 6) is 0.827. The van der Waals surface area contributed by atoms with Crippen molar-refractivity contribution in [1.82, 2.24) is 0 Å². The number of amides is 1. The van der Waals surface area contributed by atoms with Crippen LogP contribution in [0.3, 0.4) is 0 Å². The number of cyclic esters (lactones) is 1. The zero-order valence-corrected chi connectivity index (χ0v) is 12.7. The lowest BCUT2D eigenvalue weighted by molar-refractivity contribution is 0.145. The number of nitrogens with zero attached hydrogens (tertiary/aromatic N) is 2. The van der Waals surface area contributed by atoms with Crippen molar-refractivity contribution >= 4 is 29.2 Å². The third-order valence-corrected chi connectivity index (χ3v) is 7.05. The van der Waals surface area contributed by atoms with Crippen molar-refractivity contribution in [2.24, 2.45) is 5.73 Å². The number of carbonyl (C=O) groups is 1. The van der Waals surface area contributed by atoms with Gasteiger partial charge in [-0.15, -0.1) is 11.8 Å². The zero-order chi connectivity index (χ0) is 15.1. The predicted molar refractivity (Wildman–Crippen MR) is 82.9 cm³/mol. The molecular weight excluding hydrogens is 305 g/mol. The van der Waals surface area contributed by atoms with Gasteiger partial charge in [0.25, 0.3) is 0 Å². The molecule has 4 aliphatic rings. The van der Waals surface area contributed by atoms with Gasteiger partial charge in [0.1, 0.15) is 11.9 Å². The number of anilines is 2. The number of benzene rings is 1. The van der Waals surface area contributed by atoms with Crippen molar-refractivity contribution in [1.29, 1.82) is 0 Å². The second kappa shape index (κ2) is 4.08. The molecule has 3 heterocycles. The van der Waals surface area contributed by atoms with E-state index in [-0.39, 0.29) is 18.5 Å². The summed E-state index contributed by atoms with van der Waals surface area (Å²) in [6.45, 7) is 0.655. The summed E-state index contributed by atoms with van der Waals surface area (Å²) in [5.41, 5.74) is 6.72. The van der Waals surface area contributed by atoms with Crippen LogP contribution in [0.5, 0.6) is 0 Å². The smallest absolute Gasteiger partial charge is 0.414 e. The molecule has 0 aromatic heterocycles. The zero-order valence-electron chi connectivity index (χ0n) is 11.9. The fraction of sp³-hybridized carbons (Fsp3) is 0.533. The van der Waals surface area contributed by atoms with E-state index in [1.54, 1.807) is 12.1 Å². The first kappa shape index (κ1) is 13.0. The van der Waals surface area contributed by atoms with Crippen molar-refractivity contribution in [3.05, 3.63) is 24.0 Å². The lowest BCUT2D eigenvalue weighted by Crippen LogP contribution is -2.66. The number of hydrogen-bond donors (Lipinski definition) is 1. The Hall–Kier alpha value is -1.47. The number of ether oxygens (including phenoxy) is 1. The summed E-state index contributed by atoms with van der Waals surface area (Å²) in [6, 6.07) is 6.03. The molecule has 5 rings (SSSR count). The molecule has 0 radical (unpaired) electrons. The average molecular weight is 321 g/mol. The van der Waals surface area contributed by atoms with Crippen LogP contribution < -0.4 is 15.5 Å². The van der Waals surface area contributed by atoms with Gasteiger partial charge in [0, 0.05) is 18.3 Å². The predicted octanol–water partition coefficient (Wildman–Crippen LogP) is 1.56. The molecule has 1 amide bonds. The molecule has 5 nitrogen and oxygen atoms in total. The maximum absolute atomic E-state index is 14.5. The largest absolute Gasteiger partial charge is 0.443 e. The van der Waals surface area contributed by atoms with Gasteiger partial charge >= 0.3 is 6.09 Å². The number of rotatable bonds is 3. The van der Waals surface area contributed by atoms with Gasteiger partial charge in [0.15, 0.2) is 0 Å². The molecule has 1 saturated carbocycles. The van der Waals surface area contributed by atoms with Crippen LogP contribution in [0.25, 0.3) is 0 Å².